The molecule has 0 spiro atoms. The SMILES string of the molecule is CC(CSCCc1ccnn1C)C(=O)O. The maximum atomic E-state index is 10.5. The molecule has 1 rings (SSSR count). The normalized spacial score (nSPS) is 12.7. The zero-order valence-corrected chi connectivity index (χ0v) is 9.83. The van der Waals surface area contributed by atoms with Crippen LogP contribution in [-0.2, 0) is 18.3 Å². The van der Waals surface area contributed by atoms with Crippen molar-refractivity contribution in [2.75, 3.05) is 11.5 Å². The van der Waals surface area contributed by atoms with E-state index in [1.807, 2.05) is 17.8 Å². The molecule has 1 atom stereocenters. The van der Waals surface area contributed by atoms with Gasteiger partial charge in [-0.25, -0.2) is 0 Å². The fourth-order valence-electron chi connectivity index (χ4n) is 1.15. The fraction of sp³-hybridized carbons (Fsp3) is 0.600. The van der Waals surface area contributed by atoms with Crippen LogP contribution in [0.5, 0.6) is 0 Å². The van der Waals surface area contributed by atoms with Gasteiger partial charge in [0, 0.05) is 24.7 Å². The summed E-state index contributed by atoms with van der Waals surface area (Å²) in [7, 11) is 1.92. The number of nitrogens with zero attached hydrogens (tertiary/aromatic N) is 2. The Bertz CT molecular complexity index is 325. The molecular formula is C10H16N2O2S. The monoisotopic (exact) mass is 228 g/mol. The summed E-state index contributed by atoms with van der Waals surface area (Å²) < 4.78 is 1.85. The van der Waals surface area contributed by atoms with Gasteiger partial charge in [-0.15, -0.1) is 0 Å². The van der Waals surface area contributed by atoms with Gasteiger partial charge in [0.25, 0.3) is 0 Å². The van der Waals surface area contributed by atoms with Gasteiger partial charge >= 0.3 is 5.97 Å². The highest BCUT2D eigenvalue weighted by atomic mass is 32.2. The Morgan fingerprint density at radius 1 is 1.73 bits per heavy atom. The van der Waals surface area contributed by atoms with Crippen LogP contribution in [0.25, 0.3) is 0 Å². The second-order valence-electron chi connectivity index (χ2n) is 3.51. The Labute approximate surface area is 93.7 Å². The first kappa shape index (κ1) is 12.1. The summed E-state index contributed by atoms with van der Waals surface area (Å²) in [6.45, 7) is 1.74. The molecule has 0 fully saturated rings. The Hall–Kier alpha value is -0.970. The molecule has 0 aromatic carbocycles. The van der Waals surface area contributed by atoms with Gasteiger partial charge in [-0.05, 0) is 18.2 Å². The van der Waals surface area contributed by atoms with Crippen LogP contribution in [-0.4, -0.2) is 32.4 Å². The van der Waals surface area contributed by atoms with E-state index in [4.69, 9.17) is 5.11 Å². The molecule has 1 unspecified atom stereocenters. The Morgan fingerprint density at radius 3 is 3.00 bits per heavy atom. The molecule has 0 aliphatic rings. The van der Waals surface area contributed by atoms with Crippen molar-refractivity contribution < 1.29 is 9.90 Å². The smallest absolute Gasteiger partial charge is 0.307 e. The summed E-state index contributed by atoms with van der Waals surface area (Å²) in [5.74, 6) is 0.634. The highest BCUT2D eigenvalue weighted by Crippen LogP contribution is 2.10. The average Bonchev–Trinajstić information content (AvgIpc) is 2.58. The molecule has 0 saturated heterocycles. The van der Waals surface area contributed by atoms with Crippen LogP contribution >= 0.6 is 11.8 Å². The van der Waals surface area contributed by atoms with Crippen LogP contribution < -0.4 is 0 Å². The first-order valence-corrected chi connectivity index (χ1v) is 6.04. The van der Waals surface area contributed by atoms with Gasteiger partial charge in [0.15, 0.2) is 0 Å². The summed E-state index contributed by atoms with van der Waals surface area (Å²) in [4.78, 5) is 10.5. The molecule has 0 saturated carbocycles. The first-order valence-electron chi connectivity index (χ1n) is 4.88. The summed E-state index contributed by atoms with van der Waals surface area (Å²) in [6, 6.07) is 1.99. The molecule has 5 heteroatoms. The molecule has 1 heterocycles. The molecule has 15 heavy (non-hydrogen) atoms. The topological polar surface area (TPSA) is 55.1 Å². The molecule has 0 bridgehead atoms. The minimum absolute atomic E-state index is 0.262. The lowest BCUT2D eigenvalue weighted by Crippen LogP contribution is -2.12. The van der Waals surface area contributed by atoms with Crippen LogP contribution in [0, 0.1) is 5.92 Å². The van der Waals surface area contributed by atoms with E-state index in [9.17, 15) is 4.79 Å². The van der Waals surface area contributed by atoms with Crippen LogP contribution in [0.2, 0.25) is 0 Å². The summed E-state index contributed by atoms with van der Waals surface area (Å²) in [6.07, 6.45) is 2.72. The zero-order chi connectivity index (χ0) is 11.3. The molecule has 1 aromatic heterocycles. The van der Waals surface area contributed by atoms with Crippen molar-refractivity contribution in [1.82, 2.24) is 9.78 Å². The minimum Gasteiger partial charge on any atom is -0.481 e. The van der Waals surface area contributed by atoms with Crippen molar-refractivity contribution in [1.29, 1.82) is 0 Å². The largest absolute Gasteiger partial charge is 0.481 e. The highest BCUT2D eigenvalue weighted by molar-refractivity contribution is 7.99. The van der Waals surface area contributed by atoms with Crippen LogP contribution in [0.4, 0.5) is 0 Å². The second kappa shape index (κ2) is 5.80. The Morgan fingerprint density at radius 2 is 2.47 bits per heavy atom. The number of carbonyl (C=O) groups is 1. The molecule has 0 amide bonds. The lowest BCUT2D eigenvalue weighted by Gasteiger charge is -2.05. The summed E-state index contributed by atoms with van der Waals surface area (Å²) >= 11 is 1.67. The van der Waals surface area contributed by atoms with Crippen molar-refractivity contribution in [2.24, 2.45) is 13.0 Å². The third-order valence-electron chi connectivity index (χ3n) is 2.21. The number of aromatic nitrogens is 2. The van der Waals surface area contributed by atoms with Gasteiger partial charge in [0.1, 0.15) is 0 Å². The maximum absolute atomic E-state index is 10.5. The molecule has 4 nitrogen and oxygen atoms in total. The maximum Gasteiger partial charge on any atom is 0.307 e. The quantitative estimate of drug-likeness (QED) is 0.748. The third kappa shape index (κ3) is 3.95. The van der Waals surface area contributed by atoms with E-state index in [-0.39, 0.29) is 5.92 Å². The lowest BCUT2D eigenvalue weighted by molar-refractivity contribution is -0.140. The zero-order valence-electron chi connectivity index (χ0n) is 9.01. The molecule has 0 aliphatic heterocycles. The van der Waals surface area contributed by atoms with E-state index in [0.29, 0.717) is 5.75 Å². The Kier molecular flexibility index (Phi) is 4.68. The second-order valence-corrected chi connectivity index (χ2v) is 4.66. The van der Waals surface area contributed by atoms with E-state index in [1.165, 1.54) is 5.69 Å². The average molecular weight is 228 g/mol. The Balaban J connectivity index is 2.17. The van der Waals surface area contributed by atoms with Crippen LogP contribution in [0.15, 0.2) is 12.3 Å². The van der Waals surface area contributed by atoms with Crippen molar-refractivity contribution in [2.45, 2.75) is 13.3 Å². The number of carboxylic acids is 1. The van der Waals surface area contributed by atoms with Gasteiger partial charge < -0.3 is 5.11 Å². The van der Waals surface area contributed by atoms with Gasteiger partial charge in [0.05, 0.1) is 5.92 Å². The molecule has 1 aromatic rings. The van der Waals surface area contributed by atoms with Crippen molar-refractivity contribution in [3.05, 3.63) is 18.0 Å². The summed E-state index contributed by atoms with van der Waals surface area (Å²) in [5.41, 5.74) is 1.19. The van der Waals surface area contributed by atoms with Gasteiger partial charge in [-0.2, -0.15) is 16.9 Å². The number of aliphatic carboxylic acids is 1. The van der Waals surface area contributed by atoms with E-state index in [0.717, 1.165) is 12.2 Å². The first-order chi connectivity index (χ1) is 7.11. The number of hydrogen-bond acceptors (Lipinski definition) is 3. The van der Waals surface area contributed by atoms with Crippen molar-refractivity contribution in [3.63, 3.8) is 0 Å². The number of carboxylic acid groups (broad SMARTS) is 1. The predicted molar refractivity (Wildman–Crippen MR) is 61.0 cm³/mol. The number of aryl methyl sites for hydroxylation is 2. The minimum atomic E-state index is -0.719. The van der Waals surface area contributed by atoms with Crippen molar-refractivity contribution in [3.8, 4) is 0 Å². The van der Waals surface area contributed by atoms with Gasteiger partial charge in [0.2, 0.25) is 0 Å². The van der Waals surface area contributed by atoms with Gasteiger partial charge in [-0.1, -0.05) is 6.92 Å². The lowest BCUT2D eigenvalue weighted by atomic mass is 10.2. The third-order valence-corrected chi connectivity index (χ3v) is 3.44. The highest BCUT2D eigenvalue weighted by Gasteiger charge is 2.10. The molecule has 0 radical (unpaired) electrons. The molecule has 1 N–H and O–H groups in total. The number of hydrogen-bond donors (Lipinski definition) is 1. The van der Waals surface area contributed by atoms with Crippen LogP contribution in [0.3, 0.4) is 0 Å². The van der Waals surface area contributed by atoms with Crippen molar-refractivity contribution >= 4 is 17.7 Å². The van der Waals surface area contributed by atoms with E-state index in [2.05, 4.69) is 5.10 Å². The molecular weight excluding hydrogens is 212 g/mol. The molecule has 84 valence electrons. The number of thioether (sulfide) groups is 1. The van der Waals surface area contributed by atoms with E-state index < -0.39 is 5.97 Å². The fourth-order valence-corrected chi connectivity index (χ4v) is 2.17. The van der Waals surface area contributed by atoms with E-state index in [1.54, 1.807) is 24.9 Å². The number of rotatable bonds is 6. The van der Waals surface area contributed by atoms with E-state index >= 15 is 0 Å². The summed E-state index contributed by atoms with van der Waals surface area (Å²) in [5, 5.41) is 12.8. The van der Waals surface area contributed by atoms with Crippen LogP contribution in [0.1, 0.15) is 12.6 Å². The molecule has 0 aliphatic carbocycles. The van der Waals surface area contributed by atoms with Gasteiger partial charge in [-0.3, -0.25) is 9.48 Å². The predicted octanol–water partition coefficient (Wildman–Crippen LogP) is 1.42. The standard InChI is InChI=1S/C10H16N2O2S/c1-8(10(13)14)7-15-6-4-9-3-5-11-12(9)2/h3,5,8H,4,6-7H2,1-2H3,(H,13,14).